The molecule has 1 heterocycles. The van der Waals surface area contributed by atoms with Crippen molar-refractivity contribution < 1.29 is 9.72 Å². The number of nitrogens with two attached hydrogens (primary N) is 1. The van der Waals surface area contributed by atoms with Gasteiger partial charge in [0.1, 0.15) is 17.9 Å². The highest BCUT2D eigenvalue weighted by Gasteiger charge is 2.31. The van der Waals surface area contributed by atoms with Gasteiger partial charge in [-0.1, -0.05) is 0 Å². The molecular formula is C11H20ClN5O3. The van der Waals surface area contributed by atoms with Gasteiger partial charge in [0, 0.05) is 6.54 Å². The maximum absolute atomic E-state index is 12.0. The van der Waals surface area contributed by atoms with Gasteiger partial charge in [-0.25, -0.2) is 0 Å². The van der Waals surface area contributed by atoms with Crippen LogP contribution >= 0.6 is 12.4 Å². The van der Waals surface area contributed by atoms with Gasteiger partial charge < -0.3 is 11.1 Å². The molecule has 0 saturated heterocycles. The van der Waals surface area contributed by atoms with Crippen molar-refractivity contribution in [2.75, 3.05) is 13.1 Å². The summed E-state index contributed by atoms with van der Waals surface area (Å²) in [5.74, 6) is -0.234. The maximum atomic E-state index is 12.0. The van der Waals surface area contributed by atoms with E-state index < -0.39 is 10.5 Å². The Hall–Kier alpha value is -1.67. The Bertz CT molecular complexity index is 461. The number of aromatic nitrogens is 2. The molecule has 0 bridgehead atoms. The predicted molar refractivity (Wildman–Crippen MR) is 76.7 cm³/mol. The third-order valence-corrected chi connectivity index (χ3v) is 2.82. The Morgan fingerprint density at radius 2 is 2.20 bits per heavy atom. The molecule has 3 N–H and O–H groups in total. The monoisotopic (exact) mass is 305 g/mol. The van der Waals surface area contributed by atoms with Gasteiger partial charge >= 0.3 is 5.69 Å². The zero-order valence-electron chi connectivity index (χ0n) is 11.5. The molecule has 1 rings (SSSR count). The highest BCUT2D eigenvalue weighted by molar-refractivity contribution is 5.85. The molecule has 0 aliphatic carbocycles. The third kappa shape index (κ3) is 4.46. The molecule has 0 unspecified atom stereocenters. The molecule has 0 spiro atoms. The van der Waals surface area contributed by atoms with E-state index >= 15 is 0 Å². The lowest BCUT2D eigenvalue weighted by atomic mass is 10.1. The number of carbonyl (C=O) groups is 1. The smallest absolute Gasteiger partial charge is 0.307 e. The van der Waals surface area contributed by atoms with E-state index in [-0.39, 0.29) is 24.0 Å². The topological polar surface area (TPSA) is 116 Å². The molecule has 1 amide bonds. The predicted octanol–water partition coefficient (Wildman–Crippen LogP) is 0.803. The molecular weight excluding hydrogens is 286 g/mol. The minimum Gasteiger partial charge on any atom is -0.354 e. The van der Waals surface area contributed by atoms with Crippen LogP contribution in [0.3, 0.4) is 0 Å². The van der Waals surface area contributed by atoms with Gasteiger partial charge in [-0.15, -0.1) is 12.4 Å². The van der Waals surface area contributed by atoms with Crippen LogP contribution in [0.15, 0.2) is 12.4 Å². The lowest BCUT2D eigenvalue weighted by Gasteiger charge is -2.23. The quantitative estimate of drug-likeness (QED) is 0.439. The number of nitro groups is 1. The van der Waals surface area contributed by atoms with Crippen LogP contribution in [0.5, 0.6) is 0 Å². The summed E-state index contributed by atoms with van der Waals surface area (Å²) in [5, 5.41) is 17.2. The number of nitrogens with one attached hydrogen (secondary N) is 1. The fourth-order valence-corrected chi connectivity index (χ4v) is 1.50. The summed E-state index contributed by atoms with van der Waals surface area (Å²) in [4.78, 5) is 22.1. The SMILES string of the molecule is CC(C)(C(=O)NCCCCN)n1cc([N+](=O)[O-])cn1.Cl. The Balaban J connectivity index is 0.00000361. The third-order valence-electron chi connectivity index (χ3n) is 2.82. The first-order valence-electron chi connectivity index (χ1n) is 6.07. The number of halogens is 1. The summed E-state index contributed by atoms with van der Waals surface area (Å²) in [7, 11) is 0. The number of rotatable bonds is 7. The largest absolute Gasteiger partial charge is 0.354 e. The lowest BCUT2D eigenvalue weighted by Crippen LogP contribution is -2.45. The van der Waals surface area contributed by atoms with Crippen molar-refractivity contribution in [2.24, 2.45) is 5.73 Å². The molecule has 0 aromatic carbocycles. The minimum atomic E-state index is -0.975. The molecule has 20 heavy (non-hydrogen) atoms. The first-order chi connectivity index (χ1) is 8.89. The van der Waals surface area contributed by atoms with Gasteiger partial charge in [0.15, 0.2) is 0 Å². The number of carbonyl (C=O) groups excluding carboxylic acids is 1. The van der Waals surface area contributed by atoms with Crippen molar-refractivity contribution in [3.63, 3.8) is 0 Å². The van der Waals surface area contributed by atoms with E-state index in [0.29, 0.717) is 13.1 Å². The van der Waals surface area contributed by atoms with Crippen molar-refractivity contribution in [2.45, 2.75) is 32.2 Å². The van der Waals surface area contributed by atoms with E-state index in [2.05, 4.69) is 10.4 Å². The summed E-state index contributed by atoms with van der Waals surface area (Å²) < 4.78 is 1.30. The molecule has 1 aromatic rings. The molecule has 0 saturated carbocycles. The normalized spacial score (nSPS) is 10.8. The lowest BCUT2D eigenvalue weighted by molar-refractivity contribution is -0.385. The standard InChI is InChI=1S/C11H19N5O3.ClH/c1-11(2,10(17)13-6-4-3-5-12)15-8-9(7-14-15)16(18)19;/h7-8H,3-6,12H2,1-2H3,(H,13,17);1H. The van der Waals surface area contributed by atoms with Gasteiger partial charge in [-0.05, 0) is 33.2 Å². The first-order valence-corrected chi connectivity index (χ1v) is 6.07. The Morgan fingerprint density at radius 3 is 2.70 bits per heavy atom. The number of hydrogen-bond donors (Lipinski definition) is 2. The van der Waals surface area contributed by atoms with Crippen LogP contribution in [-0.4, -0.2) is 33.7 Å². The molecule has 0 aliphatic heterocycles. The van der Waals surface area contributed by atoms with Crippen LogP contribution in [-0.2, 0) is 10.3 Å². The van der Waals surface area contributed by atoms with Gasteiger partial charge in [0.2, 0.25) is 5.91 Å². The van der Waals surface area contributed by atoms with Crippen molar-refractivity contribution in [3.8, 4) is 0 Å². The van der Waals surface area contributed by atoms with E-state index in [1.165, 1.54) is 10.9 Å². The average Bonchev–Trinajstić information content (AvgIpc) is 2.84. The highest BCUT2D eigenvalue weighted by Crippen LogP contribution is 2.18. The van der Waals surface area contributed by atoms with E-state index in [9.17, 15) is 14.9 Å². The summed E-state index contributed by atoms with van der Waals surface area (Å²) in [5.41, 5.74) is 4.25. The number of nitrogens with zero attached hydrogens (tertiary/aromatic N) is 3. The van der Waals surface area contributed by atoms with E-state index in [4.69, 9.17) is 5.73 Å². The van der Waals surface area contributed by atoms with Crippen molar-refractivity contribution in [3.05, 3.63) is 22.5 Å². The zero-order valence-corrected chi connectivity index (χ0v) is 12.4. The van der Waals surface area contributed by atoms with Crippen molar-refractivity contribution >= 4 is 24.0 Å². The highest BCUT2D eigenvalue weighted by atomic mass is 35.5. The van der Waals surface area contributed by atoms with Crippen molar-refractivity contribution in [1.82, 2.24) is 15.1 Å². The van der Waals surface area contributed by atoms with Crippen LogP contribution in [0, 0.1) is 10.1 Å². The zero-order chi connectivity index (χ0) is 14.5. The van der Waals surface area contributed by atoms with Crippen LogP contribution in [0.4, 0.5) is 5.69 Å². The Kier molecular flexibility index (Phi) is 7.16. The van der Waals surface area contributed by atoms with Crippen LogP contribution in [0.1, 0.15) is 26.7 Å². The molecule has 0 atom stereocenters. The summed E-state index contributed by atoms with van der Waals surface area (Å²) >= 11 is 0. The second kappa shape index (κ2) is 7.81. The molecule has 1 aromatic heterocycles. The first kappa shape index (κ1) is 18.3. The average molecular weight is 306 g/mol. The van der Waals surface area contributed by atoms with E-state index in [0.717, 1.165) is 19.0 Å². The van der Waals surface area contributed by atoms with Gasteiger partial charge in [-0.3, -0.25) is 19.6 Å². The fourth-order valence-electron chi connectivity index (χ4n) is 1.50. The van der Waals surface area contributed by atoms with E-state index in [1.807, 2.05) is 0 Å². The second-order valence-corrected chi connectivity index (χ2v) is 4.71. The number of amides is 1. The molecule has 0 fully saturated rings. The van der Waals surface area contributed by atoms with Crippen LogP contribution in [0.2, 0.25) is 0 Å². The Morgan fingerprint density at radius 1 is 1.55 bits per heavy atom. The summed E-state index contributed by atoms with van der Waals surface area (Å²) in [6.45, 7) is 4.43. The van der Waals surface area contributed by atoms with Crippen LogP contribution < -0.4 is 11.1 Å². The van der Waals surface area contributed by atoms with Crippen molar-refractivity contribution in [1.29, 1.82) is 0 Å². The minimum absolute atomic E-state index is 0. The van der Waals surface area contributed by atoms with E-state index in [1.54, 1.807) is 13.8 Å². The fraction of sp³-hybridized carbons (Fsp3) is 0.636. The van der Waals surface area contributed by atoms with Gasteiger partial charge in [-0.2, -0.15) is 5.10 Å². The summed E-state index contributed by atoms with van der Waals surface area (Å²) in [6, 6.07) is 0. The number of unbranched alkanes of at least 4 members (excludes halogenated alkanes) is 1. The maximum Gasteiger partial charge on any atom is 0.307 e. The molecule has 9 heteroatoms. The van der Waals surface area contributed by atoms with Crippen LogP contribution in [0.25, 0.3) is 0 Å². The molecule has 0 radical (unpaired) electrons. The summed E-state index contributed by atoms with van der Waals surface area (Å²) in [6.07, 6.45) is 4.02. The van der Waals surface area contributed by atoms with Gasteiger partial charge in [0.05, 0.1) is 4.92 Å². The second-order valence-electron chi connectivity index (χ2n) is 4.71. The molecule has 0 aliphatic rings. The molecule has 8 nitrogen and oxygen atoms in total. The molecule has 114 valence electrons. The van der Waals surface area contributed by atoms with Gasteiger partial charge in [0.25, 0.3) is 0 Å². The number of hydrogen-bond acceptors (Lipinski definition) is 5. The Labute approximate surface area is 123 Å².